The molecule has 0 radical (unpaired) electrons. The molecule has 0 heterocycles. The fourth-order valence-corrected chi connectivity index (χ4v) is 6.40. The van der Waals surface area contributed by atoms with Crippen molar-refractivity contribution >= 4 is 7.85 Å². The van der Waals surface area contributed by atoms with Crippen LogP contribution in [0.4, 0.5) is 0 Å². The van der Waals surface area contributed by atoms with Gasteiger partial charge in [0, 0.05) is 0 Å². The summed E-state index contributed by atoms with van der Waals surface area (Å²) in [5.41, 5.74) is 1.26. The van der Waals surface area contributed by atoms with Gasteiger partial charge in [-0.05, 0) is 52.8 Å². The van der Waals surface area contributed by atoms with E-state index in [2.05, 4.69) is 70.2 Å². The quantitative estimate of drug-likeness (QED) is 0.430. The van der Waals surface area contributed by atoms with Crippen LogP contribution < -0.4 is 0 Å². The van der Waals surface area contributed by atoms with Gasteiger partial charge in [0.05, 0.1) is 0 Å². The van der Waals surface area contributed by atoms with Crippen LogP contribution >= 0.6 is 0 Å². The lowest BCUT2D eigenvalue weighted by Gasteiger charge is -2.54. The normalized spacial score (nSPS) is 39.2. The minimum atomic E-state index is 0.398. The zero-order valence-electron chi connectivity index (χ0n) is 18.6. The van der Waals surface area contributed by atoms with Crippen LogP contribution in [-0.2, 0) is 0 Å². The number of hydrogen-bond donors (Lipinski definition) is 0. The van der Waals surface area contributed by atoms with Gasteiger partial charge in [-0.1, -0.05) is 93.3 Å². The molecule has 0 amide bonds. The second kappa shape index (κ2) is 6.35. The first-order valence-electron chi connectivity index (χ1n) is 10.7. The van der Waals surface area contributed by atoms with E-state index in [-0.39, 0.29) is 0 Å². The molecule has 2 rings (SSSR count). The van der Waals surface area contributed by atoms with E-state index in [4.69, 9.17) is 0 Å². The Hall–Kier alpha value is 0.0649. The van der Waals surface area contributed by atoms with Gasteiger partial charge in [0.2, 0.25) is 0 Å². The monoisotopic (exact) mass is 332 g/mol. The molecule has 0 aromatic heterocycles. The smallest absolute Gasteiger partial charge is 0.0603 e. The number of fused-ring (bicyclic) bond motifs is 3. The molecule has 1 heteroatoms. The first-order valence-corrected chi connectivity index (χ1v) is 10.7. The predicted octanol–water partition coefficient (Wildman–Crippen LogP) is 6.75. The van der Waals surface area contributed by atoms with Crippen molar-refractivity contribution < 1.29 is 0 Å². The predicted molar refractivity (Wildman–Crippen MR) is 111 cm³/mol. The topological polar surface area (TPSA) is 0 Å². The van der Waals surface area contributed by atoms with Crippen molar-refractivity contribution in [2.75, 3.05) is 0 Å². The Bertz CT molecular complexity index is 430. The third-order valence-electron chi connectivity index (χ3n) is 8.44. The summed E-state index contributed by atoms with van der Waals surface area (Å²) in [6.45, 7) is 22.6. The van der Waals surface area contributed by atoms with Crippen molar-refractivity contribution in [3.8, 4) is 0 Å². The van der Waals surface area contributed by atoms with E-state index in [1.807, 2.05) is 0 Å². The van der Waals surface area contributed by atoms with E-state index in [1.54, 1.807) is 0 Å². The highest BCUT2D eigenvalue weighted by atomic mass is 14.6. The van der Waals surface area contributed by atoms with Crippen molar-refractivity contribution in [2.24, 2.45) is 39.9 Å². The highest BCUT2D eigenvalue weighted by Crippen LogP contribution is 2.64. The highest BCUT2D eigenvalue weighted by molar-refractivity contribution is 6.16. The molecule has 2 fully saturated rings. The average molecular weight is 332 g/mol. The Morgan fingerprint density at radius 3 is 1.75 bits per heavy atom. The van der Waals surface area contributed by atoms with Crippen molar-refractivity contribution in [2.45, 2.75) is 106 Å². The summed E-state index contributed by atoms with van der Waals surface area (Å²) in [7, 11) is 2.65. The summed E-state index contributed by atoms with van der Waals surface area (Å²) in [5.74, 6) is 3.60. The van der Waals surface area contributed by atoms with Crippen LogP contribution in [0.25, 0.3) is 0 Å². The lowest BCUT2D eigenvalue weighted by atomic mass is 9.42. The van der Waals surface area contributed by atoms with E-state index in [9.17, 15) is 0 Å². The molecule has 2 aliphatic rings. The van der Waals surface area contributed by atoms with Crippen LogP contribution in [0.5, 0.6) is 0 Å². The maximum absolute atomic E-state index is 2.65. The minimum Gasteiger partial charge on any atom is -0.0603 e. The van der Waals surface area contributed by atoms with Gasteiger partial charge in [0.15, 0.2) is 0 Å². The summed E-state index contributed by atoms with van der Waals surface area (Å²) in [6, 6.07) is 0. The summed E-state index contributed by atoms with van der Waals surface area (Å²) >= 11 is 0. The van der Waals surface area contributed by atoms with Gasteiger partial charge in [0.1, 0.15) is 7.85 Å². The Labute approximate surface area is 154 Å². The first-order chi connectivity index (χ1) is 10.7. The molecule has 140 valence electrons. The molecule has 2 saturated carbocycles. The first kappa shape index (κ1) is 20.4. The van der Waals surface area contributed by atoms with E-state index in [1.165, 1.54) is 38.5 Å². The molecule has 0 aromatic carbocycles. The van der Waals surface area contributed by atoms with E-state index >= 15 is 0 Å². The van der Waals surface area contributed by atoms with Crippen molar-refractivity contribution in [3.05, 3.63) is 0 Å². The largest absolute Gasteiger partial charge is 0.110 e. The summed E-state index contributed by atoms with van der Waals surface area (Å²) in [5, 5.41) is 0.475. The third-order valence-corrected chi connectivity index (χ3v) is 8.44. The van der Waals surface area contributed by atoms with Crippen LogP contribution in [0.3, 0.4) is 0 Å². The molecule has 2 bridgehead atoms. The molecule has 0 nitrogen and oxygen atoms in total. The van der Waals surface area contributed by atoms with Gasteiger partial charge in [0.25, 0.3) is 0 Å². The van der Waals surface area contributed by atoms with Gasteiger partial charge in [-0.25, -0.2) is 0 Å². The average Bonchev–Trinajstić information content (AvgIpc) is 2.50. The van der Waals surface area contributed by atoms with Gasteiger partial charge in [-0.3, -0.25) is 0 Å². The molecule has 24 heavy (non-hydrogen) atoms. The number of hydrogen-bond acceptors (Lipinski definition) is 0. The fourth-order valence-electron chi connectivity index (χ4n) is 6.40. The second-order valence-electron chi connectivity index (χ2n) is 12.7. The molecule has 0 N–H and O–H groups in total. The Morgan fingerprint density at radius 1 is 0.750 bits per heavy atom. The lowest BCUT2D eigenvalue weighted by molar-refractivity contribution is 0.0403. The standard InChI is InChI=1S/C23H45B/c1-20(2,3)18-15-19(21(4,5)6)17-13-12-16(18)11-10-14-23(17,24)22(7,8)9/h16-19H,10-15,24H2,1-9H3. The molecule has 5 unspecified atom stereocenters. The van der Waals surface area contributed by atoms with Crippen molar-refractivity contribution in [1.29, 1.82) is 0 Å². The summed E-state index contributed by atoms with van der Waals surface area (Å²) in [4.78, 5) is 0. The Kier molecular flexibility index (Phi) is 5.39. The van der Waals surface area contributed by atoms with Gasteiger partial charge in [-0.15, -0.1) is 0 Å². The number of rotatable bonds is 0. The second-order valence-corrected chi connectivity index (χ2v) is 12.7. The molecule has 0 spiro atoms. The van der Waals surface area contributed by atoms with Crippen LogP contribution in [-0.4, -0.2) is 7.85 Å². The molecule has 2 aliphatic carbocycles. The Balaban J connectivity index is 2.53. The lowest BCUT2D eigenvalue weighted by Crippen LogP contribution is -2.43. The molecule has 0 aromatic rings. The maximum Gasteiger partial charge on any atom is 0.110 e. The van der Waals surface area contributed by atoms with Crippen molar-refractivity contribution in [3.63, 3.8) is 0 Å². The Morgan fingerprint density at radius 2 is 1.29 bits per heavy atom. The van der Waals surface area contributed by atoms with Crippen molar-refractivity contribution in [1.82, 2.24) is 0 Å². The molecular formula is C23H45B. The highest BCUT2D eigenvalue weighted by Gasteiger charge is 2.53. The van der Waals surface area contributed by atoms with Crippen LogP contribution in [0, 0.1) is 39.9 Å². The fraction of sp³-hybridized carbons (Fsp3) is 1.00. The summed E-state index contributed by atoms with van der Waals surface area (Å²) < 4.78 is 0. The molecule has 0 aliphatic heterocycles. The van der Waals surface area contributed by atoms with Crippen LogP contribution in [0.15, 0.2) is 0 Å². The molecule has 0 saturated heterocycles. The van der Waals surface area contributed by atoms with Crippen LogP contribution in [0.2, 0.25) is 5.31 Å². The van der Waals surface area contributed by atoms with E-state index in [0.717, 1.165) is 23.7 Å². The SMILES string of the molecule is BC1(C(C)(C)C)CCCC2CCC1C(C(C)(C)C)CC2C(C)(C)C. The van der Waals surface area contributed by atoms with E-state index in [0.29, 0.717) is 21.6 Å². The maximum atomic E-state index is 2.65. The van der Waals surface area contributed by atoms with E-state index < -0.39 is 0 Å². The zero-order chi connectivity index (χ0) is 18.6. The van der Waals surface area contributed by atoms with Crippen LogP contribution in [0.1, 0.15) is 101 Å². The zero-order valence-corrected chi connectivity index (χ0v) is 18.6. The minimum absolute atomic E-state index is 0.398. The summed E-state index contributed by atoms with van der Waals surface area (Å²) in [6.07, 6.45) is 8.74. The van der Waals surface area contributed by atoms with Gasteiger partial charge < -0.3 is 0 Å². The van der Waals surface area contributed by atoms with Gasteiger partial charge in [-0.2, -0.15) is 0 Å². The van der Waals surface area contributed by atoms with Gasteiger partial charge >= 0.3 is 0 Å². The molecule has 5 atom stereocenters. The molecular weight excluding hydrogens is 287 g/mol. The third kappa shape index (κ3) is 3.75.